The number of hydrazone groups is 1. The molecular weight excluding hydrogens is 412 g/mol. The fourth-order valence-electron chi connectivity index (χ4n) is 3.87. The summed E-state index contributed by atoms with van der Waals surface area (Å²) in [6.45, 7) is 2.19. The molecule has 0 radical (unpaired) electrons. The van der Waals surface area contributed by atoms with E-state index < -0.39 is 5.66 Å². The number of rotatable bonds is 4. The van der Waals surface area contributed by atoms with Gasteiger partial charge in [0.1, 0.15) is 5.70 Å². The standard InChI is InChI=1S/C19H23BrN4OS/c1-2-3-6-11-26-18-21-17(25)16-14-12-13(20)7-8-15(14)22-19(24(16)23-18)9-4-5-10-19/h7-8,12H,2-6,9-11H2,1H3,(H,21,23,25). The molecule has 2 heterocycles. The molecule has 0 aromatic heterocycles. The number of nitrogens with zero attached hydrogens (tertiary/aromatic N) is 3. The summed E-state index contributed by atoms with van der Waals surface area (Å²) in [6, 6.07) is 5.95. The highest BCUT2D eigenvalue weighted by Crippen LogP contribution is 2.41. The summed E-state index contributed by atoms with van der Waals surface area (Å²) >= 11 is 5.15. The molecule has 5 nitrogen and oxygen atoms in total. The molecule has 7 heteroatoms. The predicted octanol–water partition coefficient (Wildman–Crippen LogP) is 3.09. The minimum atomic E-state index is -0.400. The number of hydrogen-bond acceptors (Lipinski definition) is 5. The lowest BCUT2D eigenvalue weighted by atomic mass is 10.0. The van der Waals surface area contributed by atoms with Gasteiger partial charge in [0.15, 0.2) is 10.8 Å². The van der Waals surface area contributed by atoms with E-state index in [0.717, 1.165) is 52.9 Å². The average molecular weight is 435 g/mol. The third kappa shape index (κ3) is 3.20. The average Bonchev–Trinajstić information content (AvgIpc) is 3.09. The Hall–Kier alpha value is -1.34. The number of fused-ring (bicyclic) bond motifs is 3. The molecule has 2 aliphatic heterocycles. The van der Waals surface area contributed by atoms with Gasteiger partial charge in [0.05, 0.1) is 5.36 Å². The van der Waals surface area contributed by atoms with Crippen LogP contribution in [0.5, 0.6) is 0 Å². The molecule has 0 saturated heterocycles. The van der Waals surface area contributed by atoms with Gasteiger partial charge in [-0.25, -0.2) is 5.01 Å². The predicted molar refractivity (Wildman–Crippen MR) is 109 cm³/mol. The Morgan fingerprint density at radius 1 is 1.31 bits per heavy atom. The van der Waals surface area contributed by atoms with Gasteiger partial charge in [0.2, 0.25) is 0 Å². The largest absolute Gasteiger partial charge is 0.298 e. The summed E-state index contributed by atoms with van der Waals surface area (Å²) in [4.78, 5) is 18.1. The Morgan fingerprint density at radius 2 is 2.12 bits per heavy atom. The van der Waals surface area contributed by atoms with Crippen molar-refractivity contribution in [2.45, 2.75) is 57.5 Å². The Bertz CT molecular complexity index is 876. The van der Waals surface area contributed by atoms with Crippen molar-refractivity contribution in [3.8, 4) is 0 Å². The van der Waals surface area contributed by atoms with Crippen LogP contribution < -0.4 is 15.9 Å². The van der Waals surface area contributed by atoms with Crippen molar-refractivity contribution in [1.82, 2.24) is 10.3 Å². The number of amidine groups is 1. The summed E-state index contributed by atoms with van der Waals surface area (Å²) < 4.78 is 0.942. The number of amides is 1. The van der Waals surface area contributed by atoms with Gasteiger partial charge in [-0.15, -0.1) is 5.10 Å². The van der Waals surface area contributed by atoms with Crippen molar-refractivity contribution >= 4 is 44.5 Å². The molecule has 1 spiro atoms. The second-order valence-corrected chi connectivity index (χ2v) is 9.04. The van der Waals surface area contributed by atoms with Crippen LogP contribution in [0.25, 0.3) is 5.70 Å². The van der Waals surface area contributed by atoms with Crippen LogP contribution in [0.2, 0.25) is 0 Å². The molecule has 0 atom stereocenters. The first kappa shape index (κ1) is 18.0. The number of benzene rings is 1. The summed E-state index contributed by atoms with van der Waals surface area (Å²) in [7, 11) is 0. The van der Waals surface area contributed by atoms with Crippen molar-refractivity contribution in [3.05, 3.63) is 33.2 Å². The summed E-state index contributed by atoms with van der Waals surface area (Å²) in [5.41, 5.74) is 0.236. The Kier molecular flexibility index (Phi) is 5.10. The van der Waals surface area contributed by atoms with Crippen molar-refractivity contribution in [3.63, 3.8) is 0 Å². The van der Waals surface area contributed by atoms with Crippen molar-refractivity contribution < 1.29 is 4.79 Å². The van der Waals surface area contributed by atoms with Crippen LogP contribution in [0.1, 0.15) is 51.9 Å². The maximum Gasteiger partial charge on any atom is 0.276 e. The molecule has 0 unspecified atom stereocenters. The molecule has 1 fully saturated rings. The quantitative estimate of drug-likeness (QED) is 0.740. The van der Waals surface area contributed by atoms with Crippen LogP contribution in [0.15, 0.2) is 32.8 Å². The number of carbonyl (C=O) groups excluding carboxylic acids is 1. The Balaban J connectivity index is 1.77. The second kappa shape index (κ2) is 7.35. The van der Waals surface area contributed by atoms with Gasteiger partial charge in [-0.05, 0) is 50.3 Å². The normalized spacial score (nSPS) is 20.4. The molecular formula is C19H23BrN4OS. The number of carbonyl (C=O) groups is 1. The van der Waals surface area contributed by atoms with Crippen LogP contribution >= 0.6 is 27.7 Å². The van der Waals surface area contributed by atoms with Gasteiger partial charge in [-0.2, -0.15) is 0 Å². The molecule has 1 amide bonds. The zero-order chi connectivity index (χ0) is 18.1. The second-order valence-electron chi connectivity index (χ2n) is 7.04. The van der Waals surface area contributed by atoms with Crippen LogP contribution in [-0.4, -0.2) is 27.5 Å². The van der Waals surface area contributed by atoms with Crippen LogP contribution in [0.3, 0.4) is 0 Å². The summed E-state index contributed by atoms with van der Waals surface area (Å²) in [5.74, 6) is 0.904. The first-order valence-corrected chi connectivity index (χ1v) is 11.1. The van der Waals surface area contributed by atoms with E-state index in [0.29, 0.717) is 10.9 Å². The monoisotopic (exact) mass is 434 g/mol. The molecule has 1 aromatic carbocycles. The molecule has 1 aliphatic carbocycles. The molecule has 3 aliphatic rings. The van der Waals surface area contributed by atoms with Crippen LogP contribution in [0.4, 0.5) is 0 Å². The molecule has 26 heavy (non-hydrogen) atoms. The van der Waals surface area contributed by atoms with Crippen molar-refractivity contribution in [2.24, 2.45) is 10.1 Å². The number of thioether (sulfide) groups is 1. The van der Waals surface area contributed by atoms with Gasteiger partial charge in [-0.3, -0.25) is 15.1 Å². The van der Waals surface area contributed by atoms with E-state index in [2.05, 4.69) is 28.2 Å². The molecule has 138 valence electrons. The minimum Gasteiger partial charge on any atom is -0.298 e. The van der Waals surface area contributed by atoms with E-state index in [4.69, 9.17) is 10.1 Å². The van der Waals surface area contributed by atoms with Crippen molar-refractivity contribution in [1.29, 1.82) is 0 Å². The molecule has 0 bridgehead atoms. The SMILES string of the molecule is CCCCCSC1=NN2C(=c3cc(Br)ccc3=NC23CCCC3)C(=O)N1. The lowest BCUT2D eigenvalue weighted by molar-refractivity contribution is -0.116. The molecule has 1 N–H and O–H groups in total. The smallest absolute Gasteiger partial charge is 0.276 e. The highest BCUT2D eigenvalue weighted by Gasteiger charge is 2.46. The lowest BCUT2D eigenvalue weighted by Gasteiger charge is -2.41. The van der Waals surface area contributed by atoms with Gasteiger partial charge in [0.25, 0.3) is 5.91 Å². The van der Waals surface area contributed by atoms with E-state index >= 15 is 0 Å². The Morgan fingerprint density at radius 3 is 2.88 bits per heavy atom. The van der Waals surface area contributed by atoms with Gasteiger partial charge in [0, 0.05) is 15.4 Å². The molecule has 4 rings (SSSR count). The topological polar surface area (TPSA) is 57.1 Å². The van der Waals surface area contributed by atoms with Crippen molar-refractivity contribution in [2.75, 3.05) is 5.75 Å². The first-order chi connectivity index (χ1) is 12.6. The third-order valence-electron chi connectivity index (χ3n) is 5.17. The van der Waals surface area contributed by atoms with E-state index in [1.54, 1.807) is 11.8 Å². The van der Waals surface area contributed by atoms with Gasteiger partial charge in [-0.1, -0.05) is 47.5 Å². The van der Waals surface area contributed by atoms with E-state index in [1.165, 1.54) is 12.8 Å². The number of nitrogens with one attached hydrogen (secondary N) is 1. The third-order valence-corrected chi connectivity index (χ3v) is 6.61. The molecule has 1 aromatic rings. The zero-order valence-corrected chi connectivity index (χ0v) is 17.3. The summed E-state index contributed by atoms with van der Waals surface area (Å²) in [5, 5.41) is 12.2. The first-order valence-electron chi connectivity index (χ1n) is 9.36. The Labute approximate surface area is 166 Å². The number of halogens is 1. The van der Waals surface area contributed by atoms with Gasteiger partial charge >= 0.3 is 0 Å². The molecule has 1 saturated carbocycles. The minimum absolute atomic E-state index is 0.0708. The van der Waals surface area contributed by atoms with E-state index in [9.17, 15) is 4.79 Å². The van der Waals surface area contributed by atoms with Crippen LogP contribution in [-0.2, 0) is 4.79 Å². The maximum atomic E-state index is 13.0. The van der Waals surface area contributed by atoms with E-state index in [1.807, 2.05) is 23.2 Å². The number of unbranched alkanes of at least 4 members (excludes halogenated alkanes) is 2. The lowest BCUT2D eigenvalue weighted by Crippen LogP contribution is -2.57. The maximum absolute atomic E-state index is 13.0. The number of hydrogen-bond donors (Lipinski definition) is 1. The van der Waals surface area contributed by atoms with Crippen LogP contribution in [0, 0.1) is 0 Å². The highest BCUT2D eigenvalue weighted by molar-refractivity contribution is 9.10. The van der Waals surface area contributed by atoms with Gasteiger partial charge < -0.3 is 0 Å². The highest BCUT2D eigenvalue weighted by atomic mass is 79.9. The zero-order valence-electron chi connectivity index (χ0n) is 14.9. The fourth-order valence-corrected chi connectivity index (χ4v) is 5.08. The fraction of sp³-hybridized carbons (Fsp3) is 0.526. The van der Waals surface area contributed by atoms with E-state index in [-0.39, 0.29) is 5.91 Å². The summed E-state index contributed by atoms with van der Waals surface area (Å²) in [6.07, 6.45) is 7.66.